The van der Waals surface area contributed by atoms with E-state index in [9.17, 15) is 9.59 Å². The second-order valence-corrected chi connectivity index (χ2v) is 9.27. The molecule has 0 fully saturated rings. The van der Waals surface area contributed by atoms with E-state index in [2.05, 4.69) is 10.6 Å². The van der Waals surface area contributed by atoms with Gasteiger partial charge in [-0.15, -0.1) is 11.3 Å². The largest absolute Gasteiger partial charge is 0.357 e. The molecule has 2 aliphatic rings. The number of halogens is 1. The number of amides is 1. The summed E-state index contributed by atoms with van der Waals surface area (Å²) in [7, 11) is 0. The van der Waals surface area contributed by atoms with E-state index in [4.69, 9.17) is 11.6 Å². The third kappa shape index (κ3) is 3.92. The Labute approximate surface area is 195 Å². The monoisotopic (exact) mass is 463 g/mol. The molecule has 0 unspecified atom stereocenters. The number of Topliss-reactive ketones (excluding diaryl/α,β-unsaturated/α-hetero) is 1. The summed E-state index contributed by atoms with van der Waals surface area (Å²) < 4.78 is 0. The van der Waals surface area contributed by atoms with Gasteiger partial charge in [0.1, 0.15) is 0 Å². The maximum absolute atomic E-state index is 13.2. The quantitative estimate of drug-likeness (QED) is 0.496. The highest BCUT2D eigenvalue weighted by Gasteiger charge is 2.37. The SMILES string of the molecule is O=C(CN1c2ccccc2NC2=C(C(=O)CCC2)[C@H]1c1cccs1)Nc1ccccc1Cl. The Morgan fingerprint density at radius 3 is 2.72 bits per heavy atom. The number of thiophene rings is 1. The Morgan fingerprint density at radius 2 is 1.91 bits per heavy atom. The predicted molar refractivity (Wildman–Crippen MR) is 130 cm³/mol. The Balaban J connectivity index is 1.59. The van der Waals surface area contributed by atoms with Gasteiger partial charge in [0.05, 0.1) is 34.7 Å². The summed E-state index contributed by atoms with van der Waals surface area (Å²) in [5.74, 6) is -0.0526. The van der Waals surface area contributed by atoms with Crippen LogP contribution in [0.15, 0.2) is 77.3 Å². The van der Waals surface area contributed by atoms with Crippen LogP contribution in [0.25, 0.3) is 0 Å². The fourth-order valence-electron chi connectivity index (χ4n) is 4.42. The van der Waals surface area contributed by atoms with Crippen LogP contribution in [0.2, 0.25) is 5.02 Å². The number of ketones is 1. The van der Waals surface area contributed by atoms with Gasteiger partial charge in [-0.05, 0) is 48.6 Å². The van der Waals surface area contributed by atoms with E-state index in [1.165, 1.54) is 0 Å². The van der Waals surface area contributed by atoms with Crippen molar-refractivity contribution in [3.8, 4) is 0 Å². The summed E-state index contributed by atoms with van der Waals surface area (Å²) in [6, 6.07) is 18.8. The molecule has 5 rings (SSSR count). The lowest BCUT2D eigenvalue weighted by Gasteiger charge is -2.34. The first-order chi connectivity index (χ1) is 15.6. The van der Waals surface area contributed by atoms with Gasteiger partial charge < -0.3 is 15.5 Å². The summed E-state index contributed by atoms with van der Waals surface area (Å²) in [5, 5.41) is 8.94. The van der Waals surface area contributed by atoms with E-state index in [1.807, 2.05) is 58.8 Å². The lowest BCUT2D eigenvalue weighted by molar-refractivity contribution is -0.117. The smallest absolute Gasteiger partial charge is 0.243 e. The first-order valence-corrected chi connectivity index (χ1v) is 11.8. The van der Waals surface area contributed by atoms with E-state index in [1.54, 1.807) is 23.5 Å². The lowest BCUT2D eigenvalue weighted by atomic mass is 9.88. The topological polar surface area (TPSA) is 61.4 Å². The van der Waals surface area contributed by atoms with Crippen molar-refractivity contribution in [2.24, 2.45) is 0 Å². The fourth-order valence-corrected chi connectivity index (χ4v) is 5.45. The number of rotatable bonds is 4. The van der Waals surface area contributed by atoms with Gasteiger partial charge in [0.25, 0.3) is 0 Å². The van der Waals surface area contributed by atoms with Crippen molar-refractivity contribution in [1.29, 1.82) is 0 Å². The van der Waals surface area contributed by atoms with Crippen LogP contribution in [0.1, 0.15) is 30.2 Å². The molecule has 5 nitrogen and oxygen atoms in total. The van der Waals surface area contributed by atoms with Gasteiger partial charge in [-0.3, -0.25) is 9.59 Å². The molecule has 2 aromatic carbocycles. The van der Waals surface area contributed by atoms with Crippen molar-refractivity contribution in [1.82, 2.24) is 0 Å². The summed E-state index contributed by atoms with van der Waals surface area (Å²) in [5.41, 5.74) is 4.09. The maximum Gasteiger partial charge on any atom is 0.243 e. The van der Waals surface area contributed by atoms with Gasteiger partial charge in [0, 0.05) is 22.6 Å². The van der Waals surface area contributed by atoms with E-state index >= 15 is 0 Å². The Bertz CT molecular complexity index is 1210. The third-order valence-electron chi connectivity index (χ3n) is 5.81. The number of carbonyl (C=O) groups excluding carboxylic acids is 2. The third-order valence-corrected chi connectivity index (χ3v) is 7.07. The molecule has 2 N–H and O–H groups in total. The van der Waals surface area contributed by atoms with Crippen LogP contribution in [-0.2, 0) is 9.59 Å². The average Bonchev–Trinajstić information content (AvgIpc) is 3.27. The van der Waals surface area contributed by atoms with Gasteiger partial charge in [0.2, 0.25) is 5.91 Å². The molecule has 32 heavy (non-hydrogen) atoms. The van der Waals surface area contributed by atoms with Crippen molar-refractivity contribution in [2.75, 3.05) is 22.1 Å². The first-order valence-electron chi connectivity index (χ1n) is 10.6. The van der Waals surface area contributed by atoms with E-state index in [-0.39, 0.29) is 24.3 Å². The van der Waals surface area contributed by atoms with Crippen molar-refractivity contribution < 1.29 is 9.59 Å². The number of benzene rings is 2. The van der Waals surface area contributed by atoms with Crippen LogP contribution < -0.4 is 15.5 Å². The Kier molecular flexibility index (Phi) is 5.72. The number of hydrogen-bond donors (Lipinski definition) is 2. The van der Waals surface area contributed by atoms with Gasteiger partial charge in [-0.2, -0.15) is 0 Å². The second kappa shape index (κ2) is 8.81. The molecule has 0 saturated carbocycles. The molecule has 7 heteroatoms. The number of fused-ring (bicyclic) bond motifs is 1. The molecule has 3 aromatic rings. The van der Waals surface area contributed by atoms with Crippen molar-refractivity contribution in [3.05, 3.63) is 87.2 Å². The van der Waals surface area contributed by atoms with E-state index < -0.39 is 0 Å². The fraction of sp³-hybridized carbons (Fsp3) is 0.200. The number of carbonyl (C=O) groups is 2. The second-order valence-electron chi connectivity index (χ2n) is 7.88. The van der Waals surface area contributed by atoms with Crippen LogP contribution in [-0.4, -0.2) is 18.2 Å². The summed E-state index contributed by atoms with van der Waals surface area (Å²) in [4.78, 5) is 29.4. The summed E-state index contributed by atoms with van der Waals surface area (Å²) in [6.07, 6.45) is 2.17. The van der Waals surface area contributed by atoms with Crippen molar-refractivity contribution >= 4 is 51.7 Å². The van der Waals surface area contributed by atoms with Crippen molar-refractivity contribution in [3.63, 3.8) is 0 Å². The standard InChI is InChI=1S/C25H22ClN3O2S/c26-16-7-1-2-8-17(16)28-23(31)15-29-20-11-4-3-9-18(20)27-19-10-5-12-21(30)24(19)25(29)22-13-6-14-32-22/h1-4,6-9,11,13-14,25,27H,5,10,12,15H2,(H,28,31)/t25-/m1/s1. The van der Waals surface area contributed by atoms with Crippen LogP contribution in [0, 0.1) is 0 Å². The molecule has 0 saturated heterocycles. The highest BCUT2D eigenvalue weighted by molar-refractivity contribution is 7.10. The van der Waals surface area contributed by atoms with Crippen LogP contribution in [0.4, 0.5) is 17.1 Å². The normalized spacial score (nSPS) is 17.8. The van der Waals surface area contributed by atoms with Crippen LogP contribution in [0.3, 0.4) is 0 Å². The zero-order valence-corrected chi connectivity index (χ0v) is 18.9. The van der Waals surface area contributed by atoms with Crippen LogP contribution in [0.5, 0.6) is 0 Å². The minimum Gasteiger partial charge on any atom is -0.357 e. The molecule has 1 aliphatic carbocycles. The summed E-state index contributed by atoms with van der Waals surface area (Å²) in [6.45, 7) is 0.0799. The number of anilines is 3. The molecule has 1 amide bonds. The maximum atomic E-state index is 13.2. The number of allylic oxidation sites excluding steroid dienone is 1. The van der Waals surface area contributed by atoms with Crippen LogP contribution >= 0.6 is 22.9 Å². The van der Waals surface area contributed by atoms with Crippen molar-refractivity contribution in [2.45, 2.75) is 25.3 Å². The number of nitrogens with zero attached hydrogens (tertiary/aromatic N) is 1. The first kappa shape index (κ1) is 20.8. The molecule has 0 radical (unpaired) electrons. The number of nitrogens with one attached hydrogen (secondary N) is 2. The lowest BCUT2D eigenvalue weighted by Crippen LogP contribution is -2.38. The summed E-state index contributed by atoms with van der Waals surface area (Å²) >= 11 is 7.85. The highest BCUT2D eigenvalue weighted by Crippen LogP contribution is 2.45. The zero-order valence-electron chi connectivity index (χ0n) is 17.3. The Morgan fingerprint density at radius 1 is 1.09 bits per heavy atom. The van der Waals surface area contributed by atoms with Gasteiger partial charge in [-0.1, -0.05) is 41.9 Å². The highest BCUT2D eigenvalue weighted by atomic mass is 35.5. The number of para-hydroxylation sites is 3. The van der Waals surface area contributed by atoms with Gasteiger partial charge >= 0.3 is 0 Å². The van der Waals surface area contributed by atoms with E-state index in [0.717, 1.165) is 40.4 Å². The van der Waals surface area contributed by atoms with Gasteiger partial charge in [0.15, 0.2) is 5.78 Å². The minimum absolute atomic E-state index is 0.0799. The molecular weight excluding hydrogens is 442 g/mol. The molecule has 2 heterocycles. The molecule has 1 aliphatic heterocycles. The van der Waals surface area contributed by atoms with E-state index in [0.29, 0.717) is 17.1 Å². The minimum atomic E-state index is -0.328. The molecule has 1 aromatic heterocycles. The zero-order chi connectivity index (χ0) is 22.1. The average molecular weight is 464 g/mol. The Hall–Kier alpha value is -3.09. The molecule has 0 spiro atoms. The molecule has 1 atom stereocenters. The van der Waals surface area contributed by atoms with Gasteiger partial charge in [-0.25, -0.2) is 0 Å². The number of hydrogen-bond acceptors (Lipinski definition) is 5. The predicted octanol–water partition coefficient (Wildman–Crippen LogP) is 6.02. The molecular formula is C25H22ClN3O2S. The molecule has 162 valence electrons. The molecule has 0 bridgehead atoms.